The van der Waals surface area contributed by atoms with Crippen molar-refractivity contribution in [2.75, 3.05) is 10.6 Å². The minimum absolute atomic E-state index is 0. The number of benzene rings is 6. The van der Waals surface area contributed by atoms with Gasteiger partial charge in [-0.2, -0.15) is 0 Å². The van der Waals surface area contributed by atoms with Gasteiger partial charge < -0.3 is 30.0 Å². The van der Waals surface area contributed by atoms with Crippen LogP contribution in [0.2, 0.25) is 0 Å². The average Bonchev–Trinajstić information content (AvgIpc) is 3.07. The number of hydrogen-bond donors (Lipinski definition) is 4. The summed E-state index contributed by atoms with van der Waals surface area (Å²) >= 11 is 0. The van der Waals surface area contributed by atoms with Crippen molar-refractivity contribution in [2.24, 2.45) is 0 Å². The molecule has 0 saturated carbocycles. The van der Waals surface area contributed by atoms with Gasteiger partial charge in [0.2, 0.25) is 0 Å². The second-order valence-electron chi connectivity index (χ2n) is 11.0. The molecule has 0 radical (unpaired) electrons. The number of anilines is 2. The van der Waals surface area contributed by atoms with E-state index in [9.17, 15) is 45.7 Å². The maximum absolute atomic E-state index is 13.0. The molecular formula is C36H24N2Na2O10S2. The summed E-state index contributed by atoms with van der Waals surface area (Å²) in [5, 5.41) is 28.4. The molecule has 0 atom stereocenters. The van der Waals surface area contributed by atoms with Crippen molar-refractivity contribution in [3.63, 3.8) is 0 Å². The predicted molar refractivity (Wildman–Crippen MR) is 185 cm³/mol. The molecule has 0 aliphatic carbocycles. The smallest absolute Gasteiger partial charge is 0.744 e. The van der Waals surface area contributed by atoms with Gasteiger partial charge in [-0.1, -0.05) is 84.9 Å². The Morgan fingerprint density at radius 3 is 1.27 bits per heavy atom. The molecule has 12 nitrogen and oxygen atoms in total. The van der Waals surface area contributed by atoms with Crippen LogP contribution >= 0.6 is 0 Å². The molecule has 0 spiro atoms. The van der Waals surface area contributed by atoms with Gasteiger partial charge in [-0.05, 0) is 58.3 Å². The van der Waals surface area contributed by atoms with E-state index in [0.717, 1.165) is 24.3 Å². The Balaban J connectivity index is 0.00000302. The number of rotatable bonds is 8. The summed E-state index contributed by atoms with van der Waals surface area (Å²) in [5.41, 5.74) is -0.752. The Morgan fingerprint density at radius 2 is 0.904 bits per heavy atom. The predicted octanol–water partition coefficient (Wildman–Crippen LogP) is -0.105. The fraction of sp³-hybridized carbons (Fsp3) is 0. The SMILES string of the molecule is O=C(Nc1ccc(C=Cc2ccc(NC(=O)c3ccc4ccccc4c3O)cc2S(=O)(=O)[O-])c(S(=O)(=O)[O-])c1)c1ccc2ccccc2c1O.[Na+].[Na+]. The summed E-state index contributed by atoms with van der Waals surface area (Å²) < 4.78 is 73.3. The molecule has 0 fully saturated rings. The van der Waals surface area contributed by atoms with Crippen LogP contribution in [0.15, 0.2) is 119 Å². The zero-order valence-corrected chi connectivity index (χ0v) is 33.2. The zero-order chi connectivity index (χ0) is 35.8. The standard InChI is InChI=1S/C36H26N2O10S2.2Na/c39-33-27-7-3-1-5-21(27)13-17-29(33)35(41)37-25-15-11-23(31(19-25)49(43,44)45)9-10-24-12-16-26(20-32(24)50(46,47)48)38-36(42)30-18-14-22-6-2-4-8-28(22)34(30)40;;/h1-20,39-40H,(H,37,41)(H,38,42)(H,43,44,45)(H,46,47,48);;/q;2*+1/p-2. The Morgan fingerprint density at radius 1 is 0.538 bits per heavy atom. The largest absolute Gasteiger partial charge is 1.00 e. The molecule has 0 aliphatic rings. The van der Waals surface area contributed by atoms with Crippen LogP contribution in [0, 0.1) is 0 Å². The minimum atomic E-state index is -5.15. The normalized spacial score (nSPS) is 11.5. The number of nitrogens with one attached hydrogen (secondary N) is 2. The first-order chi connectivity index (χ1) is 23.7. The van der Waals surface area contributed by atoms with Crippen molar-refractivity contribution in [1.29, 1.82) is 0 Å². The van der Waals surface area contributed by atoms with E-state index in [-0.39, 0.29) is 104 Å². The fourth-order valence-corrected chi connectivity index (χ4v) is 6.78. The van der Waals surface area contributed by atoms with Crippen LogP contribution in [0.1, 0.15) is 31.8 Å². The third-order valence-electron chi connectivity index (χ3n) is 7.81. The van der Waals surface area contributed by atoms with E-state index in [1.165, 1.54) is 36.4 Å². The Bertz CT molecular complexity index is 2450. The Hall–Kier alpha value is -4.06. The van der Waals surface area contributed by atoms with Gasteiger partial charge in [-0.3, -0.25) is 9.59 Å². The zero-order valence-electron chi connectivity index (χ0n) is 27.5. The summed E-state index contributed by atoms with van der Waals surface area (Å²) in [6.45, 7) is 0. The number of fused-ring (bicyclic) bond motifs is 2. The van der Waals surface area contributed by atoms with Crippen molar-refractivity contribution in [2.45, 2.75) is 9.79 Å². The molecule has 0 unspecified atom stereocenters. The van der Waals surface area contributed by atoms with Crippen molar-refractivity contribution in [3.8, 4) is 11.5 Å². The van der Waals surface area contributed by atoms with Gasteiger partial charge in [-0.25, -0.2) is 16.8 Å². The van der Waals surface area contributed by atoms with Gasteiger partial charge in [0.15, 0.2) is 0 Å². The molecule has 52 heavy (non-hydrogen) atoms. The Labute approximate surface area is 342 Å². The van der Waals surface area contributed by atoms with Gasteiger partial charge in [0.05, 0.1) is 20.9 Å². The van der Waals surface area contributed by atoms with Crippen LogP contribution in [0.25, 0.3) is 33.7 Å². The molecule has 0 heterocycles. The Kier molecular flexibility index (Phi) is 12.8. The van der Waals surface area contributed by atoms with Crippen LogP contribution in [-0.2, 0) is 20.2 Å². The number of carbonyl (C=O) groups is 2. The van der Waals surface area contributed by atoms with E-state index < -0.39 is 41.8 Å². The second-order valence-corrected chi connectivity index (χ2v) is 13.7. The average molecular weight is 755 g/mol. The summed E-state index contributed by atoms with van der Waals surface area (Å²) in [5.74, 6) is -2.14. The molecule has 0 saturated heterocycles. The van der Waals surface area contributed by atoms with E-state index in [1.54, 1.807) is 60.7 Å². The molecule has 16 heteroatoms. The number of phenolic OH excluding ortho intramolecular Hbond substituents is 2. The summed E-state index contributed by atoms with van der Waals surface area (Å²) in [7, 11) is -10.3. The van der Waals surface area contributed by atoms with E-state index >= 15 is 0 Å². The molecule has 0 aliphatic heterocycles. The third kappa shape index (κ3) is 8.76. The second kappa shape index (κ2) is 16.3. The van der Waals surface area contributed by atoms with Crippen molar-refractivity contribution in [1.82, 2.24) is 0 Å². The van der Waals surface area contributed by atoms with Gasteiger partial charge in [0, 0.05) is 22.1 Å². The number of amides is 2. The molecule has 0 bridgehead atoms. The molecule has 0 aromatic heterocycles. The summed E-state index contributed by atoms with van der Waals surface area (Å²) in [4.78, 5) is 24.4. The first kappa shape index (κ1) is 40.7. The number of hydrogen-bond acceptors (Lipinski definition) is 10. The number of carbonyl (C=O) groups excluding carboxylic acids is 2. The van der Waals surface area contributed by atoms with Crippen molar-refractivity contribution >= 4 is 77.1 Å². The first-order valence-corrected chi connectivity index (χ1v) is 17.4. The van der Waals surface area contributed by atoms with Crippen molar-refractivity contribution < 1.29 is 105 Å². The minimum Gasteiger partial charge on any atom is -0.744 e. The molecule has 252 valence electrons. The number of phenols is 2. The molecule has 6 aromatic carbocycles. The van der Waals surface area contributed by atoms with Crippen LogP contribution < -0.4 is 69.7 Å². The maximum Gasteiger partial charge on any atom is 1.00 e. The van der Waals surface area contributed by atoms with E-state index in [2.05, 4.69) is 10.6 Å². The molecule has 6 aromatic rings. The van der Waals surface area contributed by atoms with Crippen LogP contribution in [0.4, 0.5) is 11.4 Å². The summed E-state index contributed by atoms with van der Waals surface area (Å²) in [6, 6.07) is 26.4. The quantitative estimate of drug-likeness (QED) is 0.0920. The molecule has 4 N–H and O–H groups in total. The molecule has 2 amide bonds. The van der Waals surface area contributed by atoms with Crippen LogP contribution in [-0.4, -0.2) is 48.0 Å². The van der Waals surface area contributed by atoms with Crippen molar-refractivity contribution in [3.05, 3.63) is 131 Å². The topological polar surface area (TPSA) is 213 Å². The van der Waals surface area contributed by atoms with E-state index in [4.69, 9.17) is 0 Å². The summed E-state index contributed by atoms with van der Waals surface area (Å²) in [6.07, 6.45) is 2.20. The fourth-order valence-electron chi connectivity index (χ4n) is 5.39. The first-order valence-electron chi connectivity index (χ1n) is 14.6. The van der Waals surface area contributed by atoms with Crippen LogP contribution in [0.3, 0.4) is 0 Å². The van der Waals surface area contributed by atoms with Gasteiger partial charge in [0.1, 0.15) is 31.7 Å². The van der Waals surface area contributed by atoms with E-state index in [0.29, 0.717) is 21.5 Å². The maximum atomic E-state index is 13.0. The van der Waals surface area contributed by atoms with Gasteiger partial charge in [-0.15, -0.1) is 0 Å². The van der Waals surface area contributed by atoms with Gasteiger partial charge in [0.25, 0.3) is 11.8 Å². The molecule has 6 rings (SSSR count). The van der Waals surface area contributed by atoms with E-state index in [1.807, 2.05) is 0 Å². The van der Waals surface area contributed by atoms with Gasteiger partial charge >= 0.3 is 59.1 Å². The van der Waals surface area contributed by atoms with Crippen LogP contribution in [0.5, 0.6) is 11.5 Å². The monoisotopic (exact) mass is 754 g/mol. The third-order valence-corrected chi connectivity index (χ3v) is 9.60. The molecular weight excluding hydrogens is 731 g/mol. The number of aromatic hydroxyl groups is 2.